The van der Waals surface area contributed by atoms with E-state index in [0.29, 0.717) is 44.3 Å². The molecule has 1 aromatic carbocycles. The third-order valence-corrected chi connectivity index (χ3v) is 6.00. The van der Waals surface area contributed by atoms with Gasteiger partial charge in [0, 0.05) is 32.4 Å². The van der Waals surface area contributed by atoms with E-state index >= 15 is 0 Å². The van der Waals surface area contributed by atoms with Gasteiger partial charge in [0.25, 0.3) is 0 Å². The molecule has 1 N–H and O–H groups in total. The van der Waals surface area contributed by atoms with Gasteiger partial charge in [0.15, 0.2) is 10.9 Å². The molecule has 0 bridgehead atoms. The van der Waals surface area contributed by atoms with E-state index < -0.39 is 5.79 Å². The van der Waals surface area contributed by atoms with Crippen LogP contribution < -0.4 is 5.32 Å². The van der Waals surface area contributed by atoms with E-state index in [1.807, 2.05) is 23.1 Å². The van der Waals surface area contributed by atoms with Crippen molar-refractivity contribution in [1.29, 1.82) is 0 Å². The van der Waals surface area contributed by atoms with Gasteiger partial charge >= 0.3 is 0 Å². The first-order chi connectivity index (χ1) is 13.1. The molecule has 0 aliphatic carbocycles. The smallest absolute Gasteiger partial charge is 0.226 e. The molecule has 144 valence electrons. The molecule has 1 aromatic heterocycles. The Balaban J connectivity index is 1.39. The molecule has 0 unspecified atom stereocenters. The number of likely N-dealkylation sites (tertiary alicyclic amines) is 1. The van der Waals surface area contributed by atoms with Gasteiger partial charge in [0.2, 0.25) is 11.8 Å². The molecule has 7 nitrogen and oxygen atoms in total. The molecule has 2 aromatic rings. The van der Waals surface area contributed by atoms with Crippen molar-refractivity contribution in [3.63, 3.8) is 0 Å². The predicted molar refractivity (Wildman–Crippen MR) is 103 cm³/mol. The highest BCUT2D eigenvalue weighted by molar-refractivity contribution is 7.22. The number of fused-ring (bicyclic) bond motifs is 1. The highest BCUT2D eigenvalue weighted by Crippen LogP contribution is 2.32. The zero-order chi connectivity index (χ0) is 18.9. The number of hydrogen-bond donors (Lipinski definition) is 1. The third kappa shape index (κ3) is 3.97. The third-order valence-electron chi connectivity index (χ3n) is 5.07. The summed E-state index contributed by atoms with van der Waals surface area (Å²) in [5.74, 6) is -0.397. The Morgan fingerprint density at radius 2 is 2.00 bits per heavy atom. The minimum atomic E-state index is -0.461. The van der Waals surface area contributed by atoms with Crippen molar-refractivity contribution in [2.24, 2.45) is 0 Å². The van der Waals surface area contributed by atoms with Gasteiger partial charge in [-0.3, -0.25) is 9.59 Å². The minimum Gasteiger partial charge on any atom is -0.347 e. The monoisotopic (exact) mass is 389 g/mol. The number of benzene rings is 1. The Hall–Kier alpha value is -2.03. The average Bonchev–Trinajstić information content (AvgIpc) is 3.28. The van der Waals surface area contributed by atoms with Crippen molar-refractivity contribution in [1.82, 2.24) is 9.88 Å². The zero-order valence-electron chi connectivity index (χ0n) is 15.3. The number of nitrogens with zero attached hydrogens (tertiary/aromatic N) is 2. The number of anilines is 1. The topological polar surface area (TPSA) is 80.8 Å². The Kier molecular flexibility index (Phi) is 5.12. The Morgan fingerprint density at radius 3 is 2.70 bits per heavy atom. The van der Waals surface area contributed by atoms with Crippen molar-refractivity contribution in [3.05, 3.63) is 23.8 Å². The molecule has 0 saturated carbocycles. The number of carbonyl (C=O) groups excluding carboxylic acids is 2. The second-order valence-electron chi connectivity index (χ2n) is 6.89. The van der Waals surface area contributed by atoms with Gasteiger partial charge in [-0.1, -0.05) is 24.3 Å². The van der Waals surface area contributed by atoms with Crippen LogP contribution in [0.4, 0.5) is 5.13 Å². The first-order valence-corrected chi connectivity index (χ1v) is 10.1. The molecule has 4 rings (SSSR count). The number of aromatic nitrogens is 1. The summed E-state index contributed by atoms with van der Waals surface area (Å²) in [5.41, 5.74) is 1.79. The van der Waals surface area contributed by atoms with Crippen LogP contribution in [0.2, 0.25) is 0 Å². The maximum Gasteiger partial charge on any atom is 0.226 e. The molecule has 0 radical (unpaired) electrons. The SMILES string of the molecule is CCC(=O)Nc1nc2ccc(CC(=O)N3CCC4(CC3)OCCO4)cc2s1. The van der Waals surface area contributed by atoms with Crippen molar-refractivity contribution < 1.29 is 19.1 Å². The molecule has 2 aliphatic heterocycles. The Morgan fingerprint density at radius 1 is 1.26 bits per heavy atom. The summed E-state index contributed by atoms with van der Waals surface area (Å²) in [4.78, 5) is 30.5. The predicted octanol–water partition coefficient (Wildman–Crippen LogP) is 2.55. The van der Waals surface area contributed by atoms with E-state index in [0.717, 1.165) is 28.6 Å². The lowest BCUT2D eigenvalue weighted by molar-refractivity contribution is -0.187. The van der Waals surface area contributed by atoms with Gasteiger partial charge in [-0.05, 0) is 17.7 Å². The number of ether oxygens (including phenoxy) is 2. The lowest BCUT2D eigenvalue weighted by Crippen LogP contribution is -2.47. The molecule has 8 heteroatoms. The fourth-order valence-electron chi connectivity index (χ4n) is 3.51. The molecular weight excluding hydrogens is 366 g/mol. The highest BCUT2D eigenvalue weighted by atomic mass is 32.1. The van der Waals surface area contributed by atoms with Gasteiger partial charge in [-0.2, -0.15) is 0 Å². The summed E-state index contributed by atoms with van der Waals surface area (Å²) in [7, 11) is 0. The molecule has 2 fully saturated rings. The van der Waals surface area contributed by atoms with Crippen molar-refractivity contribution in [3.8, 4) is 0 Å². The summed E-state index contributed by atoms with van der Waals surface area (Å²) in [6.07, 6.45) is 2.24. The van der Waals surface area contributed by atoms with Gasteiger partial charge < -0.3 is 19.7 Å². The number of piperidine rings is 1. The maximum absolute atomic E-state index is 12.7. The Labute approximate surface area is 161 Å². The van der Waals surface area contributed by atoms with Gasteiger partial charge in [-0.15, -0.1) is 0 Å². The van der Waals surface area contributed by atoms with E-state index in [4.69, 9.17) is 9.47 Å². The second-order valence-corrected chi connectivity index (χ2v) is 7.92. The van der Waals surface area contributed by atoms with Crippen LogP contribution in [0.1, 0.15) is 31.7 Å². The average molecular weight is 389 g/mol. The van der Waals surface area contributed by atoms with Gasteiger partial charge in [0.1, 0.15) is 0 Å². The van der Waals surface area contributed by atoms with Gasteiger partial charge in [0.05, 0.1) is 29.9 Å². The highest BCUT2D eigenvalue weighted by Gasteiger charge is 2.40. The first kappa shape index (κ1) is 18.3. The van der Waals surface area contributed by atoms with Crippen LogP contribution in [0, 0.1) is 0 Å². The van der Waals surface area contributed by atoms with Crippen LogP contribution in [-0.2, 0) is 25.5 Å². The molecule has 1 spiro atoms. The number of amides is 2. The molecule has 2 amide bonds. The largest absolute Gasteiger partial charge is 0.347 e. The number of nitrogens with one attached hydrogen (secondary N) is 1. The summed E-state index contributed by atoms with van der Waals surface area (Å²) in [5, 5.41) is 3.38. The van der Waals surface area contributed by atoms with E-state index in [9.17, 15) is 9.59 Å². The molecular formula is C19H23N3O4S. The Bertz CT molecular complexity index is 850. The number of rotatable bonds is 4. The van der Waals surface area contributed by atoms with Crippen LogP contribution in [0.25, 0.3) is 10.2 Å². The fourth-order valence-corrected chi connectivity index (χ4v) is 4.45. The normalized spacial score (nSPS) is 18.9. The molecule has 3 heterocycles. The van der Waals surface area contributed by atoms with Crippen LogP contribution in [-0.4, -0.2) is 53.8 Å². The standard InChI is InChI=1S/C19H23N3O4S/c1-2-16(23)21-18-20-14-4-3-13(11-15(14)27-18)12-17(24)22-7-5-19(6-8-22)25-9-10-26-19/h3-4,11H,2,5-10,12H2,1H3,(H,20,21,23). The molecule has 0 atom stereocenters. The van der Waals surface area contributed by atoms with E-state index in [1.165, 1.54) is 11.3 Å². The lowest BCUT2D eigenvalue weighted by atomic mass is 10.0. The molecule has 2 aliphatic rings. The minimum absolute atomic E-state index is 0.0532. The fraction of sp³-hybridized carbons (Fsp3) is 0.526. The van der Waals surface area contributed by atoms with Crippen molar-refractivity contribution in [2.75, 3.05) is 31.6 Å². The summed E-state index contributed by atoms with van der Waals surface area (Å²) >= 11 is 1.43. The molecule has 27 heavy (non-hydrogen) atoms. The van der Waals surface area contributed by atoms with Gasteiger partial charge in [-0.25, -0.2) is 4.98 Å². The number of hydrogen-bond acceptors (Lipinski definition) is 6. The van der Waals surface area contributed by atoms with Crippen molar-refractivity contribution >= 4 is 38.5 Å². The summed E-state index contributed by atoms with van der Waals surface area (Å²) in [6, 6.07) is 5.82. The molecule has 2 saturated heterocycles. The number of carbonyl (C=O) groups is 2. The lowest BCUT2D eigenvalue weighted by Gasteiger charge is -2.37. The number of thiazole rings is 1. The quantitative estimate of drug-likeness (QED) is 0.869. The van der Waals surface area contributed by atoms with E-state index in [2.05, 4.69) is 10.3 Å². The van der Waals surface area contributed by atoms with Crippen LogP contribution >= 0.6 is 11.3 Å². The zero-order valence-corrected chi connectivity index (χ0v) is 16.1. The summed E-state index contributed by atoms with van der Waals surface area (Å²) in [6.45, 7) is 4.41. The van der Waals surface area contributed by atoms with Crippen molar-refractivity contribution in [2.45, 2.75) is 38.4 Å². The van der Waals surface area contributed by atoms with Crippen LogP contribution in [0.5, 0.6) is 0 Å². The first-order valence-electron chi connectivity index (χ1n) is 9.32. The summed E-state index contributed by atoms with van der Waals surface area (Å²) < 4.78 is 12.4. The van der Waals surface area contributed by atoms with E-state index in [-0.39, 0.29) is 11.8 Å². The second kappa shape index (κ2) is 7.53. The maximum atomic E-state index is 12.7. The van der Waals surface area contributed by atoms with Crippen LogP contribution in [0.3, 0.4) is 0 Å². The van der Waals surface area contributed by atoms with Crippen LogP contribution in [0.15, 0.2) is 18.2 Å². The van der Waals surface area contributed by atoms with E-state index in [1.54, 1.807) is 6.92 Å².